The van der Waals surface area contributed by atoms with E-state index in [1.807, 2.05) is 0 Å². The molecular weight excluding hydrogens is 84.1 g/mol. The van der Waals surface area contributed by atoms with Crippen molar-refractivity contribution >= 4 is 0 Å². The number of hydrogen-bond donors (Lipinski definition) is 0. The lowest BCUT2D eigenvalue weighted by Crippen LogP contribution is -1.85. The Balaban J connectivity index is 3.04. The Morgan fingerprint density at radius 2 is 2.29 bits per heavy atom. The van der Waals surface area contributed by atoms with Gasteiger partial charge in [0.05, 0.1) is 0 Å². The van der Waals surface area contributed by atoms with Gasteiger partial charge in [-0.25, -0.2) is 0 Å². The van der Waals surface area contributed by atoms with Crippen molar-refractivity contribution in [3.05, 3.63) is 0 Å². The minimum atomic E-state index is 0.477. The Bertz CT molecular complexity index is 66.6. The van der Waals surface area contributed by atoms with Crippen molar-refractivity contribution < 1.29 is 0 Å². The lowest BCUT2D eigenvalue weighted by atomic mass is 10.1. The molecule has 7 heavy (non-hydrogen) atoms. The van der Waals surface area contributed by atoms with Gasteiger partial charge in [-0.05, 0) is 6.42 Å². The van der Waals surface area contributed by atoms with E-state index in [1.54, 1.807) is 0 Å². The van der Waals surface area contributed by atoms with Crippen LogP contribution in [0, 0.1) is 18.3 Å². The molecule has 0 aliphatic rings. The van der Waals surface area contributed by atoms with Gasteiger partial charge in [0, 0.05) is 5.92 Å². The molecule has 0 rings (SSSR count). The Kier molecular flexibility index (Phi) is 3.50. The fraction of sp³-hybridized carbons (Fsp3) is 0.714. The van der Waals surface area contributed by atoms with E-state index in [-0.39, 0.29) is 0 Å². The van der Waals surface area contributed by atoms with Gasteiger partial charge >= 0.3 is 0 Å². The van der Waals surface area contributed by atoms with Gasteiger partial charge < -0.3 is 0 Å². The Morgan fingerprint density at radius 1 is 1.71 bits per heavy atom. The van der Waals surface area contributed by atoms with Gasteiger partial charge in [-0.15, -0.1) is 12.3 Å². The molecule has 0 spiro atoms. The minimum absolute atomic E-state index is 0.477. The Hall–Kier alpha value is -0.440. The van der Waals surface area contributed by atoms with Crippen LogP contribution in [0.5, 0.6) is 0 Å². The quantitative estimate of drug-likeness (QED) is 0.461. The van der Waals surface area contributed by atoms with Crippen molar-refractivity contribution in [1.29, 1.82) is 0 Å². The van der Waals surface area contributed by atoms with E-state index < -0.39 is 0 Å². The average molecular weight is 96.2 g/mol. The van der Waals surface area contributed by atoms with Crippen molar-refractivity contribution in [1.82, 2.24) is 0 Å². The molecule has 0 radical (unpaired) electrons. The predicted octanol–water partition coefficient (Wildman–Crippen LogP) is 2.06. The molecule has 0 aromatic rings. The molecule has 1 unspecified atom stereocenters. The summed E-state index contributed by atoms with van der Waals surface area (Å²) in [6.45, 7) is 4.22. The number of terminal acetylenes is 1. The molecule has 0 nitrogen and oxygen atoms in total. The first-order chi connectivity index (χ1) is 3.31. The van der Waals surface area contributed by atoms with E-state index in [4.69, 9.17) is 6.42 Å². The molecule has 0 bridgehead atoms. The molecule has 0 saturated carbocycles. The fourth-order valence-electron chi connectivity index (χ4n) is 0.516. The first-order valence-electron chi connectivity index (χ1n) is 2.77. The number of hydrogen-bond acceptors (Lipinski definition) is 0. The topological polar surface area (TPSA) is 0 Å². The van der Waals surface area contributed by atoms with Gasteiger partial charge in [0.1, 0.15) is 0 Å². The summed E-state index contributed by atoms with van der Waals surface area (Å²) in [4.78, 5) is 0. The molecule has 0 aromatic heterocycles. The monoisotopic (exact) mass is 96.1 g/mol. The van der Waals surface area contributed by atoms with E-state index in [1.165, 1.54) is 6.42 Å². The summed E-state index contributed by atoms with van der Waals surface area (Å²) in [5, 5.41) is 0. The smallest absolute Gasteiger partial charge is 0.0171 e. The van der Waals surface area contributed by atoms with Crippen LogP contribution in [0.3, 0.4) is 0 Å². The van der Waals surface area contributed by atoms with Crippen LogP contribution in [0.2, 0.25) is 0 Å². The lowest BCUT2D eigenvalue weighted by Gasteiger charge is -1.95. The molecule has 0 aliphatic heterocycles. The van der Waals surface area contributed by atoms with Crippen LogP contribution >= 0.6 is 0 Å². The van der Waals surface area contributed by atoms with Crippen molar-refractivity contribution in [3.63, 3.8) is 0 Å². The third kappa shape index (κ3) is 3.39. The highest BCUT2D eigenvalue weighted by Gasteiger charge is 1.89. The summed E-state index contributed by atoms with van der Waals surface area (Å²) in [5.41, 5.74) is 0. The van der Waals surface area contributed by atoms with Crippen molar-refractivity contribution in [3.8, 4) is 12.3 Å². The van der Waals surface area contributed by atoms with Gasteiger partial charge in [0.15, 0.2) is 0 Å². The van der Waals surface area contributed by atoms with Gasteiger partial charge in [-0.3, -0.25) is 0 Å². The second kappa shape index (κ2) is 3.74. The van der Waals surface area contributed by atoms with Gasteiger partial charge in [0.2, 0.25) is 0 Å². The van der Waals surface area contributed by atoms with Gasteiger partial charge in [-0.2, -0.15) is 0 Å². The molecule has 0 aromatic carbocycles. The molecule has 0 heteroatoms. The van der Waals surface area contributed by atoms with Gasteiger partial charge in [0.25, 0.3) is 0 Å². The third-order valence-corrected chi connectivity index (χ3v) is 1.01. The SMILES string of the molecule is C#CC(C)CCC. The summed E-state index contributed by atoms with van der Waals surface area (Å²) in [6, 6.07) is 0. The molecule has 0 aliphatic carbocycles. The lowest BCUT2D eigenvalue weighted by molar-refractivity contribution is 0.654. The normalized spacial score (nSPS) is 12.7. The summed E-state index contributed by atoms with van der Waals surface area (Å²) in [7, 11) is 0. The third-order valence-electron chi connectivity index (χ3n) is 1.01. The highest BCUT2D eigenvalue weighted by atomic mass is 13.9. The summed E-state index contributed by atoms with van der Waals surface area (Å²) in [5.74, 6) is 3.14. The summed E-state index contributed by atoms with van der Waals surface area (Å²) in [6.07, 6.45) is 7.47. The maximum Gasteiger partial charge on any atom is 0.0171 e. The van der Waals surface area contributed by atoms with Crippen molar-refractivity contribution in [2.75, 3.05) is 0 Å². The Labute approximate surface area is 45.9 Å². The second-order valence-corrected chi connectivity index (χ2v) is 1.86. The largest absolute Gasteiger partial charge is 0.120 e. The van der Waals surface area contributed by atoms with E-state index >= 15 is 0 Å². The molecular formula is C7H12. The molecule has 0 amide bonds. The van der Waals surface area contributed by atoms with Crippen molar-refractivity contribution in [2.24, 2.45) is 5.92 Å². The molecule has 1 atom stereocenters. The van der Waals surface area contributed by atoms with E-state index in [2.05, 4.69) is 19.8 Å². The zero-order chi connectivity index (χ0) is 5.70. The first kappa shape index (κ1) is 6.56. The average Bonchev–Trinajstić information content (AvgIpc) is 1.68. The molecule has 0 N–H and O–H groups in total. The molecule has 0 fully saturated rings. The van der Waals surface area contributed by atoms with Crippen LogP contribution in [0.15, 0.2) is 0 Å². The maximum atomic E-state index is 5.11. The highest BCUT2D eigenvalue weighted by molar-refractivity contribution is 4.89. The first-order valence-corrected chi connectivity index (χ1v) is 2.77. The molecule has 0 saturated heterocycles. The van der Waals surface area contributed by atoms with Crippen molar-refractivity contribution in [2.45, 2.75) is 26.7 Å². The highest BCUT2D eigenvalue weighted by Crippen LogP contribution is 2.00. The predicted molar refractivity (Wildman–Crippen MR) is 32.9 cm³/mol. The molecule has 40 valence electrons. The fourth-order valence-corrected chi connectivity index (χ4v) is 0.516. The second-order valence-electron chi connectivity index (χ2n) is 1.86. The van der Waals surface area contributed by atoms with Crippen LogP contribution in [-0.2, 0) is 0 Å². The Morgan fingerprint density at radius 3 is 2.43 bits per heavy atom. The van der Waals surface area contributed by atoms with E-state index in [9.17, 15) is 0 Å². The minimum Gasteiger partial charge on any atom is -0.120 e. The number of rotatable bonds is 2. The van der Waals surface area contributed by atoms with Crippen LogP contribution < -0.4 is 0 Å². The summed E-state index contributed by atoms with van der Waals surface area (Å²) >= 11 is 0. The zero-order valence-corrected chi connectivity index (χ0v) is 5.07. The molecule has 0 heterocycles. The van der Waals surface area contributed by atoms with Crippen LogP contribution in [0.1, 0.15) is 26.7 Å². The van der Waals surface area contributed by atoms with Crippen LogP contribution in [-0.4, -0.2) is 0 Å². The summed E-state index contributed by atoms with van der Waals surface area (Å²) < 4.78 is 0. The van der Waals surface area contributed by atoms with E-state index in [0.717, 1.165) is 6.42 Å². The van der Waals surface area contributed by atoms with E-state index in [0.29, 0.717) is 5.92 Å². The zero-order valence-electron chi connectivity index (χ0n) is 5.07. The standard InChI is InChI=1S/C7H12/c1-4-6-7(3)5-2/h2,7H,4,6H2,1,3H3. The van der Waals surface area contributed by atoms with Crippen LogP contribution in [0.25, 0.3) is 0 Å². The van der Waals surface area contributed by atoms with Gasteiger partial charge in [-0.1, -0.05) is 20.3 Å². The van der Waals surface area contributed by atoms with Crippen LogP contribution in [0.4, 0.5) is 0 Å². The maximum absolute atomic E-state index is 5.11.